The number of carbonyl (C=O) groups excluding carboxylic acids is 1. The van der Waals surface area contributed by atoms with Gasteiger partial charge < -0.3 is 10.1 Å². The van der Waals surface area contributed by atoms with Gasteiger partial charge in [0.05, 0.1) is 0 Å². The van der Waals surface area contributed by atoms with Gasteiger partial charge in [0.15, 0.2) is 0 Å². The molecule has 2 aromatic rings. The molecule has 0 amide bonds. The molecule has 0 aliphatic carbocycles. The number of benzene rings is 2. The number of halogens is 1. The highest BCUT2D eigenvalue weighted by Crippen LogP contribution is 2.22. The summed E-state index contributed by atoms with van der Waals surface area (Å²) in [5, 5.41) is 4.22. The third kappa shape index (κ3) is 5.31. The summed E-state index contributed by atoms with van der Waals surface area (Å²) in [5.41, 5.74) is 3.68. The van der Waals surface area contributed by atoms with Gasteiger partial charge in [0.2, 0.25) is 0 Å². The lowest BCUT2D eigenvalue weighted by Crippen LogP contribution is -2.53. The van der Waals surface area contributed by atoms with Crippen molar-refractivity contribution in [3.8, 4) is 11.1 Å². The predicted octanol–water partition coefficient (Wildman–Crippen LogP) is 3.39. The second-order valence-corrected chi connectivity index (χ2v) is 7.08. The first kappa shape index (κ1) is 18.9. The Labute approximate surface area is 160 Å². The zero-order chi connectivity index (χ0) is 18.4. The van der Waals surface area contributed by atoms with Crippen LogP contribution in [0.4, 0.5) is 0 Å². The van der Waals surface area contributed by atoms with E-state index >= 15 is 0 Å². The van der Waals surface area contributed by atoms with Crippen LogP contribution in [0.1, 0.15) is 12.5 Å². The SMILES string of the molecule is CC(=O)OCCN1CCNCC1Cc1ccc(-c2ccc(Cl)cc2)cc1. The van der Waals surface area contributed by atoms with Gasteiger partial charge in [0.25, 0.3) is 0 Å². The Kier molecular flexibility index (Phi) is 6.67. The Morgan fingerprint density at radius 3 is 2.46 bits per heavy atom. The summed E-state index contributed by atoms with van der Waals surface area (Å²) in [7, 11) is 0. The highest BCUT2D eigenvalue weighted by molar-refractivity contribution is 6.30. The van der Waals surface area contributed by atoms with Crippen LogP contribution in [0.25, 0.3) is 11.1 Å². The second kappa shape index (κ2) is 9.17. The highest BCUT2D eigenvalue weighted by Gasteiger charge is 2.22. The van der Waals surface area contributed by atoms with Crippen LogP contribution in [-0.4, -0.2) is 49.7 Å². The van der Waals surface area contributed by atoms with Gasteiger partial charge in [0, 0.05) is 44.2 Å². The van der Waals surface area contributed by atoms with Crippen molar-refractivity contribution in [1.82, 2.24) is 10.2 Å². The minimum Gasteiger partial charge on any atom is -0.465 e. The lowest BCUT2D eigenvalue weighted by Gasteiger charge is -2.36. The molecule has 2 aromatic carbocycles. The molecular weight excluding hydrogens is 348 g/mol. The Morgan fingerprint density at radius 1 is 1.15 bits per heavy atom. The molecule has 1 fully saturated rings. The number of hydrogen-bond donors (Lipinski definition) is 1. The fourth-order valence-electron chi connectivity index (χ4n) is 3.35. The van der Waals surface area contributed by atoms with Crippen molar-refractivity contribution >= 4 is 17.6 Å². The van der Waals surface area contributed by atoms with Gasteiger partial charge in [-0.25, -0.2) is 0 Å². The predicted molar refractivity (Wildman–Crippen MR) is 105 cm³/mol. The van der Waals surface area contributed by atoms with E-state index < -0.39 is 0 Å². The van der Waals surface area contributed by atoms with E-state index in [1.165, 1.54) is 23.6 Å². The third-order valence-corrected chi connectivity index (χ3v) is 5.01. The van der Waals surface area contributed by atoms with Gasteiger partial charge in [-0.1, -0.05) is 48.0 Å². The number of piperazine rings is 1. The first-order chi connectivity index (χ1) is 12.6. The van der Waals surface area contributed by atoms with Crippen LogP contribution < -0.4 is 5.32 Å². The molecule has 1 aliphatic heterocycles. The van der Waals surface area contributed by atoms with Gasteiger partial charge in [0.1, 0.15) is 6.61 Å². The average molecular weight is 373 g/mol. The number of ether oxygens (including phenoxy) is 1. The normalized spacial score (nSPS) is 17.8. The molecule has 1 N–H and O–H groups in total. The van der Waals surface area contributed by atoms with Crippen molar-refractivity contribution in [3.05, 3.63) is 59.1 Å². The minimum absolute atomic E-state index is 0.213. The fraction of sp³-hybridized carbons (Fsp3) is 0.381. The van der Waals surface area contributed by atoms with Crippen LogP contribution in [0.5, 0.6) is 0 Å². The Hall–Kier alpha value is -1.88. The zero-order valence-electron chi connectivity index (χ0n) is 15.1. The molecule has 0 aromatic heterocycles. The van der Waals surface area contributed by atoms with Crippen LogP contribution >= 0.6 is 11.6 Å². The second-order valence-electron chi connectivity index (χ2n) is 6.64. The van der Waals surface area contributed by atoms with Gasteiger partial charge in [-0.3, -0.25) is 9.69 Å². The first-order valence-corrected chi connectivity index (χ1v) is 9.42. The Balaban J connectivity index is 1.61. The standard InChI is InChI=1S/C21H25ClN2O2/c1-16(25)26-13-12-24-11-10-23-15-21(24)14-17-2-4-18(5-3-17)19-6-8-20(22)9-7-19/h2-9,21,23H,10-15H2,1H3. The fourth-order valence-corrected chi connectivity index (χ4v) is 3.48. The summed E-state index contributed by atoms with van der Waals surface area (Å²) in [6.07, 6.45) is 0.980. The van der Waals surface area contributed by atoms with Crippen molar-refractivity contribution in [1.29, 1.82) is 0 Å². The number of hydrogen-bond acceptors (Lipinski definition) is 4. The van der Waals surface area contributed by atoms with E-state index in [1.807, 2.05) is 24.3 Å². The van der Waals surface area contributed by atoms with Crippen LogP contribution in [0.3, 0.4) is 0 Å². The van der Waals surface area contributed by atoms with Crippen molar-refractivity contribution in [2.75, 3.05) is 32.8 Å². The van der Waals surface area contributed by atoms with E-state index in [-0.39, 0.29) is 5.97 Å². The molecule has 0 spiro atoms. The quantitative estimate of drug-likeness (QED) is 0.789. The zero-order valence-corrected chi connectivity index (χ0v) is 15.8. The largest absolute Gasteiger partial charge is 0.465 e. The molecule has 0 saturated carbocycles. The molecule has 1 heterocycles. The smallest absolute Gasteiger partial charge is 0.302 e. The molecule has 1 aliphatic rings. The maximum Gasteiger partial charge on any atom is 0.302 e. The average Bonchev–Trinajstić information content (AvgIpc) is 2.64. The molecule has 1 atom stereocenters. The first-order valence-electron chi connectivity index (χ1n) is 9.05. The summed E-state index contributed by atoms with van der Waals surface area (Å²) in [5.74, 6) is -0.213. The van der Waals surface area contributed by atoms with Crippen molar-refractivity contribution in [2.24, 2.45) is 0 Å². The number of nitrogens with zero attached hydrogens (tertiary/aromatic N) is 1. The molecule has 0 radical (unpaired) electrons. The van der Waals surface area contributed by atoms with E-state index in [1.54, 1.807) is 0 Å². The molecule has 4 nitrogen and oxygen atoms in total. The third-order valence-electron chi connectivity index (χ3n) is 4.76. The minimum atomic E-state index is -0.213. The number of carbonyl (C=O) groups is 1. The van der Waals surface area contributed by atoms with Crippen LogP contribution in [0.2, 0.25) is 5.02 Å². The van der Waals surface area contributed by atoms with E-state index in [9.17, 15) is 4.79 Å². The highest BCUT2D eigenvalue weighted by atomic mass is 35.5. The maximum atomic E-state index is 11.0. The molecule has 5 heteroatoms. The molecule has 3 rings (SSSR count). The Morgan fingerprint density at radius 2 is 1.81 bits per heavy atom. The molecule has 1 unspecified atom stereocenters. The summed E-state index contributed by atoms with van der Waals surface area (Å²) >= 11 is 5.96. The van der Waals surface area contributed by atoms with Crippen LogP contribution in [-0.2, 0) is 16.0 Å². The van der Waals surface area contributed by atoms with E-state index in [4.69, 9.17) is 16.3 Å². The molecule has 26 heavy (non-hydrogen) atoms. The molecule has 138 valence electrons. The summed E-state index contributed by atoms with van der Waals surface area (Å²) < 4.78 is 5.11. The van der Waals surface area contributed by atoms with Crippen molar-refractivity contribution < 1.29 is 9.53 Å². The Bertz CT molecular complexity index is 716. The van der Waals surface area contributed by atoms with Gasteiger partial charge in [-0.05, 0) is 35.2 Å². The van der Waals surface area contributed by atoms with Gasteiger partial charge >= 0.3 is 5.97 Å². The van der Waals surface area contributed by atoms with Crippen LogP contribution in [0, 0.1) is 0 Å². The molecule has 0 bridgehead atoms. The van der Waals surface area contributed by atoms with Crippen molar-refractivity contribution in [3.63, 3.8) is 0 Å². The van der Waals surface area contributed by atoms with E-state index in [0.29, 0.717) is 12.6 Å². The van der Waals surface area contributed by atoms with Crippen molar-refractivity contribution in [2.45, 2.75) is 19.4 Å². The van der Waals surface area contributed by atoms with Crippen LogP contribution in [0.15, 0.2) is 48.5 Å². The number of rotatable bonds is 6. The van der Waals surface area contributed by atoms with E-state index in [2.05, 4.69) is 34.5 Å². The monoisotopic (exact) mass is 372 g/mol. The van der Waals surface area contributed by atoms with E-state index in [0.717, 1.165) is 37.6 Å². The maximum absolute atomic E-state index is 11.0. The van der Waals surface area contributed by atoms with Gasteiger partial charge in [-0.2, -0.15) is 0 Å². The summed E-state index contributed by atoms with van der Waals surface area (Å²) in [6, 6.07) is 17.1. The number of esters is 1. The molecular formula is C21H25ClN2O2. The lowest BCUT2D eigenvalue weighted by atomic mass is 9.99. The molecule has 1 saturated heterocycles. The topological polar surface area (TPSA) is 41.6 Å². The summed E-state index contributed by atoms with van der Waals surface area (Å²) in [6.45, 7) is 5.62. The lowest BCUT2D eigenvalue weighted by molar-refractivity contribution is -0.141. The number of nitrogens with one attached hydrogen (secondary N) is 1. The van der Waals surface area contributed by atoms with Gasteiger partial charge in [-0.15, -0.1) is 0 Å². The summed E-state index contributed by atoms with van der Waals surface area (Å²) in [4.78, 5) is 13.4.